The van der Waals surface area contributed by atoms with Gasteiger partial charge in [-0.05, 0) is 207 Å². The van der Waals surface area contributed by atoms with Crippen LogP contribution in [0.1, 0.15) is 87.9 Å². The van der Waals surface area contributed by atoms with E-state index in [1.54, 1.807) is 6.92 Å². The van der Waals surface area contributed by atoms with Gasteiger partial charge in [0.25, 0.3) is 12.9 Å². The predicted molar refractivity (Wildman–Crippen MR) is 408 cm³/mol. The molecule has 571 valence electrons. The Morgan fingerprint density at radius 1 is 0.748 bits per heavy atom. The largest absolute Gasteiger partial charge is 1.00 e. The Labute approximate surface area is 851 Å². The summed E-state index contributed by atoms with van der Waals surface area (Å²) >= 11 is 8.02. The smallest absolute Gasteiger partial charge is 1.00 e. The molecule has 5 rings (SSSR count). The van der Waals surface area contributed by atoms with Crippen LogP contribution in [0.25, 0.3) is 20.4 Å². The van der Waals surface area contributed by atoms with Gasteiger partial charge in [0.2, 0.25) is 9.23 Å². The molecule has 7 N–H and O–H groups in total. The normalized spacial score (nSPS) is 12.0. The maximum atomic E-state index is 11.0. The molecular weight excluding hydrogens is 1640 g/mol. The van der Waals surface area contributed by atoms with E-state index in [0.29, 0.717) is 17.2 Å². The number of thiazole rings is 2. The zero-order chi connectivity index (χ0) is 74.8. The number of halogens is 4. The molecule has 0 spiro atoms. The topological polar surface area (TPSA) is 400 Å². The van der Waals surface area contributed by atoms with Gasteiger partial charge in [0.05, 0.1) is 44.8 Å². The summed E-state index contributed by atoms with van der Waals surface area (Å²) in [6.45, 7) is 18.5. The van der Waals surface area contributed by atoms with Crippen molar-refractivity contribution in [3.05, 3.63) is 59.1 Å². The minimum absolute atomic E-state index is 0. The molecule has 1 aliphatic rings. The van der Waals surface area contributed by atoms with Crippen molar-refractivity contribution in [2.75, 3.05) is 129 Å². The maximum Gasteiger partial charge on any atom is 1.00 e. The number of hydrogen-bond acceptors (Lipinski definition) is 30. The molecular formula is C60H108BCl4K4N11NaO17S5. The minimum Gasteiger partial charge on any atom is -1.00 e. The van der Waals surface area contributed by atoms with Crippen LogP contribution in [-0.2, 0) is 47.8 Å². The van der Waals surface area contributed by atoms with Crippen LogP contribution in [0.2, 0.25) is 0 Å². The monoisotopic (exact) mass is 1740 g/mol. The molecule has 103 heavy (non-hydrogen) atoms. The number of fused-ring (bicyclic) bond motifs is 2. The Morgan fingerprint density at radius 3 is 1.31 bits per heavy atom. The van der Waals surface area contributed by atoms with Crippen LogP contribution >= 0.6 is 93.2 Å². The van der Waals surface area contributed by atoms with E-state index in [1.165, 1.54) is 47.4 Å². The molecule has 3 radical (unpaired) electrons. The number of aliphatic hydroxyl groups excluding tert-OH is 2. The van der Waals surface area contributed by atoms with Crippen LogP contribution in [0.5, 0.6) is 11.5 Å². The molecule has 3 heterocycles. The molecule has 0 bridgehead atoms. The number of ketones is 2. The number of aliphatic imine (C=N–C) groups is 1. The van der Waals surface area contributed by atoms with Crippen molar-refractivity contribution in [2.24, 2.45) is 10.7 Å². The van der Waals surface area contributed by atoms with Crippen LogP contribution in [0, 0.1) is 11.3 Å². The number of carbonyl (C=O) groups is 6. The molecule has 0 aliphatic carbocycles. The second-order valence-electron chi connectivity index (χ2n) is 21.2. The average Bonchev–Trinajstić information content (AvgIpc) is 1.67. The molecule has 0 saturated heterocycles. The van der Waals surface area contributed by atoms with E-state index < -0.39 is 33.2 Å². The number of carbonyl (C=O) groups excluding carboxylic acids is 4. The first-order valence-corrected chi connectivity index (χ1v) is 34.9. The molecule has 28 nitrogen and oxygen atoms in total. The zero-order valence-electron chi connectivity index (χ0n) is 67.3. The van der Waals surface area contributed by atoms with Gasteiger partial charge in [0.1, 0.15) is 39.4 Å². The summed E-state index contributed by atoms with van der Waals surface area (Å²) < 4.78 is 23.0. The Morgan fingerprint density at radius 2 is 1.08 bits per heavy atom. The van der Waals surface area contributed by atoms with Gasteiger partial charge in [-0.25, -0.2) is 19.0 Å². The number of rotatable bonds is 26. The molecule has 0 amide bonds. The fourth-order valence-electron chi connectivity index (χ4n) is 5.52. The molecule has 43 heteroatoms. The summed E-state index contributed by atoms with van der Waals surface area (Å²) in [6, 6.07) is 12.2. The third-order valence-corrected chi connectivity index (χ3v) is 13.9. The Balaban J connectivity index is -0.0000000585. The summed E-state index contributed by atoms with van der Waals surface area (Å²) in [4.78, 5) is 86.8. The number of nitriles is 1. The number of aromatic nitrogens is 2. The number of carboxylic acids is 2. The summed E-state index contributed by atoms with van der Waals surface area (Å²) in [6.07, 6.45) is 5.63. The van der Waals surface area contributed by atoms with Crippen LogP contribution < -0.4 is 266 Å². The Bertz CT molecular complexity index is 2790. The molecule has 0 saturated carbocycles. The SMILES string of the molecule is C=CC(C)=O.CC(=O)CCN(C)C.CC(CCN(C)C)Oc1ccc2nc(C#N)sc2c1.CC(CCN(C)C)Oc1ccc2nc(C3=N[C@@H](C(=O)O)CS3)sc2c1.CC(O)CCN(C)C.CC(O)CCN(C)C.CNC.Cl.Cl.N[C@H](CS)C(=O)O.O=CO[O-].O=CO[O-].O=S(Cl)Cl.[B].[H-].[H-].[H-].[K+].[K+].[K+].[K+].[Na+]. The van der Waals surface area contributed by atoms with E-state index in [4.69, 9.17) is 65.2 Å². The number of benzene rings is 2. The maximum absolute atomic E-state index is 11.0. The predicted octanol–water partition coefficient (Wildman–Crippen LogP) is -9.33. The van der Waals surface area contributed by atoms with Gasteiger partial charge >= 0.3 is 247 Å². The molecule has 4 unspecified atom stereocenters. The first-order valence-electron chi connectivity index (χ1n) is 28.9. The van der Waals surface area contributed by atoms with Gasteiger partial charge in [-0.2, -0.15) is 17.9 Å². The van der Waals surface area contributed by atoms with Gasteiger partial charge in [0.15, 0.2) is 16.8 Å². The fraction of sp³-hybridized carbons (Fsp3) is 0.600. The van der Waals surface area contributed by atoms with Gasteiger partial charge in [-0.1, -0.05) is 6.58 Å². The summed E-state index contributed by atoms with van der Waals surface area (Å²) in [5, 5.41) is 65.1. The number of aliphatic carboxylic acids is 2. The van der Waals surface area contributed by atoms with Crippen molar-refractivity contribution in [2.45, 2.75) is 110 Å². The third-order valence-electron chi connectivity index (χ3n) is 10.4. The number of Topliss-reactive ketones (excluding diaryl/α,β-unsaturated/α-hetero) is 1. The molecule has 6 atom stereocenters. The van der Waals surface area contributed by atoms with Crippen LogP contribution in [-0.4, -0.2) is 274 Å². The van der Waals surface area contributed by atoms with Crippen molar-refractivity contribution in [1.82, 2.24) is 39.8 Å². The average molecular weight is 1750 g/mol. The Kier molecular flexibility index (Phi) is 124. The van der Waals surface area contributed by atoms with Crippen molar-refractivity contribution in [1.29, 1.82) is 5.26 Å². The van der Waals surface area contributed by atoms with E-state index in [9.17, 15) is 19.2 Å². The number of hydrogen-bond donors (Lipinski definition) is 7. The van der Waals surface area contributed by atoms with E-state index in [1.807, 2.05) is 112 Å². The summed E-state index contributed by atoms with van der Waals surface area (Å²) in [5.41, 5.74) is 6.68. The molecule has 0 fully saturated rings. The minimum atomic E-state index is -1.67. The first kappa shape index (κ1) is 138. The number of nitrogens with zero attached hydrogens (tertiary/aromatic N) is 9. The number of thioether (sulfide) groups is 1. The molecule has 1 aliphatic heterocycles. The molecule has 2 aromatic heterocycles. The Hall–Kier alpha value is 3.12. The summed E-state index contributed by atoms with van der Waals surface area (Å²) in [7, 11) is 31.3. The van der Waals surface area contributed by atoms with Crippen LogP contribution in [0.4, 0.5) is 0 Å². The summed E-state index contributed by atoms with van der Waals surface area (Å²) in [5.74, 6) is 0.725. The van der Waals surface area contributed by atoms with Crippen molar-refractivity contribution >= 4 is 173 Å². The van der Waals surface area contributed by atoms with E-state index >= 15 is 0 Å². The van der Waals surface area contributed by atoms with E-state index in [2.05, 4.69) is 138 Å². The number of thiol groups is 1. The van der Waals surface area contributed by atoms with Gasteiger partial charge in [-0.3, -0.25) is 29.0 Å². The van der Waals surface area contributed by atoms with Crippen molar-refractivity contribution in [3.63, 3.8) is 0 Å². The van der Waals surface area contributed by atoms with Gasteiger partial charge in [0, 0.05) is 67.3 Å². The molecule has 2 aromatic carbocycles. The second-order valence-corrected chi connectivity index (χ2v) is 27.2. The quantitative estimate of drug-likeness (QED) is 0.00584. The fourth-order valence-corrected chi connectivity index (χ4v) is 8.56. The van der Waals surface area contributed by atoms with E-state index in [0.717, 1.165) is 100 Å². The van der Waals surface area contributed by atoms with Crippen LogP contribution in [0.3, 0.4) is 0 Å². The van der Waals surface area contributed by atoms with Crippen molar-refractivity contribution in [3.8, 4) is 17.6 Å². The van der Waals surface area contributed by atoms with Crippen LogP contribution in [0.15, 0.2) is 54.0 Å². The number of allylic oxidation sites excluding steroid dienone is 1. The number of nitrogens with one attached hydrogen (secondary N) is 1. The number of nitrogens with two attached hydrogens (primary N) is 1. The number of aliphatic hydroxyl groups is 2. The third kappa shape index (κ3) is 97.4. The van der Waals surface area contributed by atoms with E-state index in [-0.39, 0.29) is 327 Å². The van der Waals surface area contributed by atoms with Gasteiger partial charge in [-0.15, -0.1) is 59.2 Å². The second kappa shape index (κ2) is 92.3. The van der Waals surface area contributed by atoms with Crippen molar-refractivity contribution < 1.29 is 323 Å². The zero-order valence-corrected chi connectivity index (χ0v) is 86.1. The number of carboxylic acid groups (broad SMARTS) is 2. The first-order chi connectivity index (χ1) is 44.3. The standard InChI is InChI=1S/C17H21N3O3S2.C14H17N3OS.2C6H15NO.C6H13NO.C4H6O.C3H7NO2S.C2H7N.2CH2O3.B.Cl2OS.2ClH.4K.Na.3H/c1-10(6-7-20(2)3)23-11-4-5-12-14(8-11)25-16(18-12)15-19-13(9-24-15)17(21)22;1-10(6-7-17(2)3)18-11-4-5-12-13(8-11)19-14(9-15)16-12;3*1-6(8)4-5-7(2)3;1-3-4(2)5;4-2(1-7)3(5)6;1-3-2;2*2-1-4-3;;1-4(2)3;;;;;;;;;;/h4-5,8,10,13H,6-7,9H2,1-3H3,(H,21,22);4-5,8,10H,6-7H2,1-3H3;2*6,8H,4-5H2,1-3H3;4-5H2,1-3H3;3H,1H2,2H3;2,7H,1,4H2,(H,5,6);3H,1-2H3;2*1,3H;;;2*1H;;;;;;;;/q;;;;;;;;;;;;;;5*+1;3*-1/p-2/t10?,13-;;;;;;2-;;;;;;;;;;;;;;;/m1.....1.............../s1. The van der Waals surface area contributed by atoms with Gasteiger partial charge < -0.3 is 90.0 Å². The molecule has 4 aromatic rings. The number of ether oxygens (including phenoxy) is 2.